The van der Waals surface area contributed by atoms with E-state index in [-0.39, 0.29) is 17.6 Å². The van der Waals surface area contributed by atoms with Crippen LogP contribution in [0.5, 0.6) is 0 Å². The minimum atomic E-state index is 0.0224. The Hall–Kier alpha value is -1.77. The molecule has 2 aliphatic rings. The van der Waals surface area contributed by atoms with Crippen molar-refractivity contribution >= 4 is 11.5 Å². The van der Waals surface area contributed by atoms with Crippen LogP contribution < -0.4 is 4.90 Å². The van der Waals surface area contributed by atoms with Crippen molar-refractivity contribution in [1.82, 2.24) is 0 Å². The average molecular weight is 327 g/mol. The summed E-state index contributed by atoms with van der Waals surface area (Å²) in [6.07, 6.45) is 8.68. The first-order chi connectivity index (χ1) is 11.6. The highest BCUT2D eigenvalue weighted by Crippen LogP contribution is 2.38. The van der Waals surface area contributed by atoms with Crippen molar-refractivity contribution in [3.8, 4) is 0 Å². The first kappa shape index (κ1) is 17.1. The van der Waals surface area contributed by atoms with Gasteiger partial charge in [-0.1, -0.05) is 49.8 Å². The number of rotatable bonds is 3. The number of nitrogens with zero attached hydrogens (tertiary/aromatic N) is 1. The predicted octanol–water partition coefficient (Wildman–Crippen LogP) is 4.95. The zero-order valence-corrected chi connectivity index (χ0v) is 14.9. The summed E-state index contributed by atoms with van der Waals surface area (Å²) in [5, 5.41) is 10.5. The molecule has 0 spiro atoms. The molecule has 3 rings (SSSR count). The quantitative estimate of drug-likeness (QED) is 0.854. The van der Waals surface area contributed by atoms with Gasteiger partial charge in [0.05, 0.1) is 18.2 Å². The van der Waals surface area contributed by atoms with Crippen molar-refractivity contribution in [3.63, 3.8) is 0 Å². The molecule has 130 valence electrons. The Balaban J connectivity index is 1.93. The second-order valence-electron chi connectivity index (χ2n) is 7.43. The molecular weight excluding hydrogens is 298 g/mol. The first-order valence-corrected chi connectivity index (χ1v) is 9.34. The van der Waals surface area contributed by atoms with Crippen molar-refractivity contribution in [1.29, 1.82) is 0 Å². The summed E-state index contributed by atoms with van der Waals surface area (Å²) in [5.41, 5.74) is 2.99. The number of Topliss-reactive ketones (excluding diaryl/α,β-unsaturated/α-hetero) is 1. The molecule has 0 aromatic heterocycles. The summed E-state index contributed by atoms with van der Waals surface area (Å²) in [4.78, 5) is 14.5. The molecule has 3 heteroatoms. The van der Waals surface area contributed by atoms with E-state index < -0.39 is 0 Å². The minimum absolute atomic E-state index is 0.0224. The van der Waals surface area contributed by atoms with E-state index in [1.165, 1.54) is 37.7 Å². The molecule has 1 aliphatic heterocycles. The molecule has 0 amide bonds. The molecule has 1 atom stereocenters. The molecule has 1 heterocycles. The summed E-state index contributed by atoms with van der Waals surface area (Å²) in [5.74, 6) is 0.749. The van der Waals surface area contributed by atoms with Gasteiger partial charge in [-0.3, -0.25) is 4.79 Å². The maximum atomic E-state index is 12.2. The third-order valence-corrected chi connectivity index (χ3v) is 5.60. The topological polar surface area (TPSA) is 40.5 Å². The number of anilines is 1. The van der Waals surface area contributed by atoms with Crippen molar-refractivity contribution < 1.29 is 9.90 Å². The monoisotopic (exact) mass is 327 g/mol. The van der Waals surface area contributed by atoms with E-state index in [9.17, 15) is 9.90 Å². The third kappa shape index (κ3) is 3.50. The van der Waals surface area contributed by atoms with Gasteiger partial charge in [0, 0.05) is 5.69 Å². The van der Waals surface area contributed by atoms with Crippen LogP contribution in [0.1, 0.15) is 57.4 Å². The molecule has 0 saturated heterocycles. The Morgan fingerprint density at radius 2 is 1.62 bits per heavy atom. The van der Waals surface area contributed by atoms with Gasteiger partial charge in [0.1, 0.15) is 5.76 Å². The van der Waals surface area contributed by atoms with Gasteiger partial charge < -0.3 is 10.0 Å². The summed E-state index contributed by atoms with van der Waals surface area (Å²) in [6, 6.07) is 8.47. The van der Waals surface area contributed by atoms with E-state index in [2.05, 4.69) is 36.1 Å². The van der Waals surface area contributed by atoms with E-state index in [1.807, 2.05) is 0 Å². The molecule has 1 aromatic rings. The van der Waals surface area contributed by atoms with Crippen LogP contribution in [0, 0.1) is 12.8 Å². The molecule has 24 heavy (non-hydrogen) atoms. The van der Waals surface area contributed by atoms with Crippen LogP contribution in [0.3, 0.4) is 0 Å². The maximum Gasteiger partial charge on any atom is 0.161 e. The number of carbonyl (C=O) groups is 1. The largest absolute Gasteiger partial charge is 0.510 e. The SMILES string of the molecule is CC(=O)C1=C(O)CN(c2ccc(C)cc2)C1C1CCCCCCC1. The highest BCUT2D eigenvalue weighted by Gasteiger charge is 2.40. The number of aryl methyl sites for hydroxylation is 1. The van der Waals surface area contributed by atoms with Gasteiger partial charge in [-0.25, -0.2) is 0 Å². The highest BCUT2D eigenvalue weighted by molar-refractivity contribution is 5.97. The van der Waals surface area contributed by atoms with Crippen molar-refractivity contribution in [2.24, 2.45) is 5.92 Å². The summed E-state index contributed by atoms with van der Waals surface area (Å²) < 4.78 is 0. The zero-order chi connectivity index (χ0) is 17.1. The Bertz CT molecular complexity index is 609. The van der Waals surface area contributed by atoms with Crippen LogP contribution in [-0.4, -0.2) is 23.5 Å². The second kappa shape index (κ2) is 7.42. The lowest BCUT2D eigenvalue weighted by Crippen LogP contribution is -2.40. The molecule has 1 aromatic carbocycles. The fourth-order valence-corrected chi connectivity index (χ4v) is 4.36. The number of benzene rings is 1. The maximum absolute atomic E-state index is 12.2. The molecular formula is C21H29NO2. The molecule has 1 fully saturated rings. The molecule has 0 radical (unpaired) electrons. The summed E-state index contributed by atoms with van der Waals surface area (Å²) >= 11 is 0. The van der Waals surface area contributed by atoms with Crippen molar-refractivity contribution in [3.05, 3.63) is 41.2 Å². The number of aliphatic hydroxyl groups excluding tert-OH is 1. The lowest BCUT2D eigenvalue weighted by atomic mass is 9.82. The molecule has 3 nitrogen and oxygen atoms in total. The van der Waals surface area contributed by atoms with Crippen LogP contribution >= 0.6 is 0 Å². The van der Waals surface area contributed by atoms with Gasteiger partial charge in [0.15, 0.2) is 5.78 Å². The van der Waals surface area contributed by atoms with Gasteiger partial charge in [0.25, 0.3) is 0 Å². The Kier molecular flexibility index (Phi) is 5.27. The number of ketones is 1. The van der Waals surface area contributed by atoms with Crippen LogP contribution in [0.4, 0.5) is 5.69 Å². The normalized spacial score (nSPS) is 23.2. The van der Waals surface area contributed by atoms with Crippen molar-refractivity contribution in [2.45, 2.75) is 64.8 Å². The standard InChI is InChI=1S/C21H29NO2/c1-15-10-12-18(13-11-15)22-14-19(24)20(16(2)23)21(22)17-8-6-4-3-5-7-9-17/h10-13,17,21,24H,3-9,14H2,1-2H3. The first-order valence-electron chi connectivity index (χ1n) is 9.34. The lowest BCUT2D eigenvalue weighted by molar-refractivity contribution is -0.114. The van der Waals surface area contributed by atoms with E-state index in [1.54, 1.807) is 6.92 Å². The Morgan fingerprint density at radius 1 is 1.04 bits per heavy atom. The lowest BCUT2D eigenvalue weighted by Gasteiger charge is -2.35. The zero-order valence-electron chi connectivity index (χ0n) is 14.9. The van der Waals surface area contributed by atoms with E-state index >= 15 is 0 Å². The van der Waals surface area contributed by atoms with Crippen LogP contribution in [0.25, 0.3) is 0 Å². The van der Waals surface area contributed by atoms with Gasteiger partial charge in [0.2, 0.25) is 0 Å². The Morgan fingerprint density at radius 3 is 2.21 bits per heavy atom. The van der Waals surface area contributed by atoms with Crippen molar-refractivity contribution in [2.75, 3.05) is 11.4 Å². The smallest absolute Gasteiger partial charge is 0.161 e. The minimum Gasteiger partial charge on any atom is -0.510 e. The van der Waals surface area contributed by atoms with Crippen LogP contribution in [-0.2, 0) is 4.79 Å². The molecule has 1 saturated carbocycles. The fraction of sp³-hybridized carbons (Fsp3) is 0.571. The number of hydrogen-bond donors (Lipinski definition) is 1. The van der Waals surface area contributed by atoms with Crippen LogP contribution in [0.15, 0.2) is 35.6 Å². The highest BCUT2D eigenvalue weighted by atomic mass is 16.3. The second-order valence-corrected chi connectivity index (χ2v) is 7.43. The van der Waals surface area contributed by atoms with Gasteiger partial charge in [-0.15, -0.1) is 0 Å². The van der Waals surface area contributed by atoms with Gasteiger partial charge in [-0.2, -0.15) is 0 Å². The Labute approximate surface area is 145 Å². The average Bonchev–Trinajstić information content (AvgIpc) is 2.85. The predicted molar refractivity (Wildman–Crippen MR) is 98.5 cm³/mol. The van der Waals surface area contributed by atoms with Crippen LogP contribution in [0.2, 0.25) is 0 Å². The summed E-state index contributed by atoms with van der Waals surface area (Å²) in [7, 11) is 0. The molecule has 0 bridgehead atoms. The molecule has 1 aliphatic carbocycles. The fourth-order valence-electron chi connectivity index (χ4n) is 4.36. The number of aliphatic hydroxyl groups is 1. The number of hydrogen-bond acceptors (Lipinski definition) is 3. The van der Waals surface area contributed by atoms with E-state index in [0.29, 0.717) is 18.0 Å². The van der Waals surface area contributed by atoms with Gasteiger partial charge in [-0.05, 0) is 44.7 Å². The van der Waals surface area contributed by atoms with E-state index in [4.69, 9.17) is 0 Å². The number of carbonyl (C=O) groups excluding carboxylic acids is 1. The molecule has 1 unspecified atom stereocenters. The summed E-state index contributed by atoms with van der Waals surface area (Å²) in [6.45, 7) is 4.13. The van der Waals surface area contributed by atoms with Gasteiger partial charge >= 0.3 is 0 Å². The van der Waals surface area contributed by atoms with E-state index in [0.717, 1.165) is 18.5 Å². The molecule has 1 N–H and O–H groups in total. The third-order valence-electron chi connectivity index (χ3n) is 5.60.